The van der Waals surface area contributed by atoms with Crippen molar-refractivity contribution < 1.29 is 9.90 Å². The van der Waals surface area contributed by atoms with E-state index in [9.17, 15) is 9.90 Å². The number of hydrogen-bond donors (Lipinski definition) is 2. The van der Waals surface area contributed by atoms with Gasteiger partial charge < -0.3 is 10.4 Å². The van der Waals surface area contributed by atoms with Crippen LogP contribution in [-0.4, -0.2) is 27.6 Å². The first-order valence-electron chi connectivity index (χ1n) is 4.75. The van der Waals surface area contributed by atoms with E-state index in [1.807, 2.05) is 0 Å². The molecule has 1 atom stereocenters. The number of amides is 1. The largest absolute Gasteiger partial charge is 0.391 e. The summed E-state index contributed by atoms with van der Waals surface area (Å²) in [6, 6.07) is 0. The molecule has 0 bridgehead atoms. The van der Waals surface area contributed by atoms with E-state index >= 15 is 0 Å². The maximum absolute atomic E-state index is 11.8. The van der Waals surface area contributed by atoms with Gasteiger partial charge in [-0.3, -0.25) is 4.79 Å². The molecular weight excluding hydrogens is 212 g/mol. The minimum atomic E-state index is -0.631. The second kappa shape index (κ2) is 4.28. The van der Waals surface area contributed by atoms with Crippen LogP contribution in [0.15, 0.2) is 5.51 Å². The summed E-state index contributed by atoms with van der Waals surface area (Å²) in [7, 11) is 0. The van der Waals surface area contributed by atoms with Gasteiger partial charge in [-0.1, -0.05) is 0 Å². The SMILES string of the molecule is Cc1ncsc1C(=O)NC(C)(C)C(C)O. The molecule has 1 aromatic heterocycles. The molecule has 0 aliphatic heterocycles. The van der Waals surface area contributed by atoms with E-state index in [-0.39, 0.29) is 5.91 Å². The molecule has 15 heavy (non-hydrogen) atoms. The molecule has 0 spiro atoms. The monoisotopic (exact) mass is 228 g/mol. The molecule has 0 aromatic carbocycles. The zero-order valence-corrected chi connectivity index (χ0v) is 10.2. The molecule has 4 nitrogen and oxygen atoms in total. The number of carbonyl (C=O) groups excluding carboxylic acids is 1. The van der Waals surface area contributed by atoms with Crippen LogP contribution >= 0.6 is 11.3 Å². The Balaban J connectivity index is 2.77. The Morgan fingerprint density at radius 1 is 1.67 bits per heavy atom. The lowest BCUT2D eigenvalue weighted by molar-refractivity contribution is 0.0712. The van der Waals surface area contributed by atoms with Crippen molar-refractivity contribution in [2.24, 2.45) is 0 Å². The standard InChI is InChI=1S/C10H16N2O2S/c1-6-8(15-5-11-6)9(14)12-10(3,4)7(2)13/h5,7,13H,1-4H3,(H,12,14). The highest BCUT2D eigenvalue weighted by Crippen LogP contribution is 2.15. The lowest BCUT2D eigenvalue weighted by Gasteiger charge is -2.29. The second-order valence-corrected chi connectivity index (χ2v) is 4.97. The van der Waals surface area contributed by atoms with Crippen molar-refractivity contribution in [2.75, 3.05) is 0 Å². The maximum atomic E-state index is 11.8. The fraction of sp³-hybridized carbons (Fsp3) is 0.600. The lowest BCUT2D eigenvalue weighted by atomic mass is 9.99. The van der Waals surface area contributed by atoms with Crippen LogP contribution in [0.1, 0.15) is 36.1 Å². The topological polar surface area (TPSA) is 62.2 Å². The first-order chi connectivity index (χ1) is 6.84. The van der Waals surface area contributed by atoms with Crippen molar-refractivity contribution in [3.63, 3.8) is 0 Å². The minimum Gasteiger partial charge on any atom is -0.391 e. The number of aliphatic hydroxyl groups is 1. The molecule has 1 amide bonds. The Hall–Kier alpha value is -0.940. The highest BCUT2D eigenvalue weighted by Gasteiger charge is 2.27. The van der Waals surface area contributed by atoms with Crippen LogP contribution in [0.5, 0.6) is 0 Å². The second-order valence-electron chi connectivity index (χ2n) is 4.12. The Morgan fingerprint density at radius 3 is 2.67 bits per heavy atom. The van der Waals surface area contributed by atoms with Gasteiger partial charge in [-0.25, -0.2) is 4.98 Å². The summed E-state index contributed by atoms with van der Waals surface area (Å²) in [5.41, 5.74) is 1.73. The van der Waals surface area contributed by atoms with Gasteiger partial charge >= 0.3 is 0 Å². The predicted octanol–water partition coefficient (Wildman–Crippen LogP) is 1.34. The molecule has 5 heteroatoms. The van der Waals surface area contributed by atoms with E-state index in [0.717, 1.165) is 5.69 Å². The lowest BCUT2D eigenvalue weighted by Crippen LogP contribution is -2.50. The third-order valence-electron chi connectivity index (χ3n) is 2.43. The van der Waals surface area contributed by atoms with E-state index < -0.39 is 11.6 Å². The average Bonchev–Trinajstić information content (AvgIpc) is 2.50. The Kier molecular flexibility index (Phi) is 3.46. The third kappa shape index (κ3) is 2.76. The van der Waals surface area contributed by atoms with Crippen molar-refractivity contribution in [3.05, 3.63) is 16.1 Å². The Bertz CT molecular complexity index is 358. The highest BCUT2D eigenvalue weighted by molar-refractivity contribution is 7.11. The quantitative estimate of drug-likeness (QED) is 0.820. The van der Waals surface area contributed by atoms with Crippen LogP contribution < -0.4 is 5.32 Å². The van der Waals surface area contributed by atoms with Crippen molar-refractivity contribution in [1.29, 1.82) is 0 Å². The zero-order chi connectivity index (χ0) is 11.6. The Morgan fingerprint density at radius 2 is 2.27 bits per heavy atom. The summed E-state index contributed by atoms with van der Waals surface area (Å²) in [5.74, 6) is -0.180. The Labute approximate surface area is 93.4 Å². The normalized spacial score (nSPS) is 13.7. The fourth-order valence-corrected chi connectivity index (χ4v) is 1.67. The number of aryl methyl sites for hydroxylation is 1. The number of hydrogen-bond acceptors (Lipinski definition) is 4. The number of thiazole rings is 1. The predicted molar refractivity (Wildman–Crippen MR) is 60.1 cm³/mol. The maximum Gasteiger partial charge on any atom is 0.263 e. The van der Waals surface area contributed by atoms with Gasteiger partial charge in [0.2, 0.25) is 0 Å². The van der Waals surface area contributed by atoms with Gasteiger partial charge in [0.15, 0.2) is 0 Å². The van der Waals surface area contributed by atoms with Crippen LogP contribution in [0.2, 0.25) is 0 Å². The van der Waals surface area contributed by atoms with Crippen LogP contribution in [0.3, 0.4) is 0 Å². The van der Waals surface area contributed by atoms with E-state index in [2.05, 4.69) is 10.3 Å². The number of carbonyl (C=O) groups is 1. The molecule has 0 fully saturated rings. The van der Waals surface area contributed by atoms with E-state index in [0.29, 0.717) is 4.88 Å². The van der Waals surface area contributed by atoms with Gasteiger partial charge in [-0.15, -0.1) is 11.3 Å². The van der Waals surface area contributed by atoms with Gasteiger partial charge in [-0.2, -0.15) is 0 Å². The zero-order valence-electron chi connectivity index (χ0n) is 9.37. The molecule has 0 radical (unpaired) electrons. The van der Waals surface area contributed by atoms with Crippen LogP contribution in [0.4, 0.5) is 0 Å². The van der Waals surface area contributed by atoms with Gasteiger partial charge in [-0.05, 0) is 27.7 Å². The smallest absolute Gasteiger partial charge is 0.263 e. The summed E-state index contributed by atoms with van der Waals surface area (Å²) in [5, 5.41) is 12.2. The third-order valence-corrected chi connectivity index (χ3v) is 3.36. The van der Waals surface area contributed by atoms with E-state index in [1.165, 1.54) is 11.3 Å². The van der Waals surface area contributed by atoms with E-state index in [4.69, 9.17) is 0 Å². The molecule has 0 saturated heterocycles. The molecule has 2 N–H and O–H groups in total. The number of aromatic nitrogens is 1. The van der Waals surface area contributed by atoms with Crippen LogP contribution in [0.25, 0.3) is 0 Å². The summed E-state index contributed by atoms with van der Waals surface area (Å²) in [6.07, 6.45) is -0.602. The van der Waals surface area contributed by atoms with Crippen LogP contribution in [0, 0.1) is 6.92 Å². The first-order valence-corrected chi connectivity index (χ1v) is 5.63. The van der Waals surface area contributed by atoms with Crippen molar-refractivity contribution in [3.8, 4) is 0 Å². The van der Waals surface area contributed by atoms with Gasteiger partial charge in [0.05, 0.1) is 22.8 Å². The summed E-state index contributed by atoms with van der Waals surface area (Å²) < 4.78 is 0. The number of nitrogens with one attached hydrogen (secondary N) is 1. The summed E-state index contributed by atoms with van der Waals surface area (Å²) in [4.78, 5) is 16.4. The molecule has 0 aliphatic rings. The summed E-state index contributed by atoms with van der Waals surface area (Å²) in [6.45, 7) is 7.01. The molecule has 1 rings (SSSR count). The molecule has 1 heterocycles. The average molecular weight is 228 g/mol. The molecule has 0 saturated carbocycles. The summed E-state index contributed by atoms with van der Waals surface area (Å²) >= 11 is 1.31. The van der Waals surface area contributed by atoms with Crippen LogP contribution in [-0.2, 0) is 0 Å². The number of aliphatic hydroxyl groups excluding tert-OH is 1. The number of nitrogens with zero attached hydrogens (tertiary/aromatic N) is 1. The van der Waals surface area contributed by atoms with Crippen molar-refractivity contribution in [2.45, 2.75) is 39.3 Å². The first kappa shape index (κ1) is 12.1. The molecule has 1 aromatic rings. The molecule has 1 unspecified atom stereocenters. The van der Waals surface area contributed by atoms with Gasteiger partial charge in [0, 0.05) is 0 Å². The molecular formula is C10H16N2O2S. The number of rotatable bonds is 3. The van der Waals surface area contributed by atoms with Crippen molar-refractivity contribution in [1.82, 2.24) is 10.3 Å². The fourth-order valence-electron chi connectivity index (χ4n) is 0.974. The van der Waals surface area contributed by atoms with E-state index in [1.54, 1.807) is 33.2 Å². The highest BCUT2D eigenvalue weighted by atomic mass is 32.1. The molecule has 0 aliphatic carbocycles. The molecule has 84 valence electrons. The van der Waals surface area contributed by atoms with Gasteiger partial charge in [0.1, 0.15) is 4.88 Å². The van der Waals surface area contributed by atoms with Crippen molar-refractivity contribution >= 4 is 17.2 Å². The van der Waals surface area contributed by atoms with Gasteiger partial charge in [0.25, 0.3) is 5.91 Å². The minimum absolute atomic E-state index is 0.180.